The summed E-state index contributed by atoms with van der Waals surface area (Å²) in [4.78, 5) is 26.6. The van der Waals surface area contributed by atoms with Crippen LogP contribution in [0.15, 0.2) is 24.3 Å². The molecule has 0 spiro atoms. The summed E-state index contributed by atoms with van der Waals surface area (Å²) >= 11 is 7.47. The van der Waals surface area contributed by atoms with Gasteiger partial charge in [0.2, 0.25) is 5.88 Å². The molecular weight excluding hydrogens is 458 g/mol. The van der Waals surface area contributed by atoms with Crippen molar-refractivity contribution in [3.63, 3.8) is 0 Å². The predicted octanol–water partition coefficient (Wildman–Crippen LogP) is 5.42. The Bertz CT molecular complexity index is 1100. The Balaban J connectivity index is 1.63. The first-order valence-corrected chi connectivity index (χ1v) is 12.3. The molecule has 2 amide bonds. The number of nitrogens with zero attached hydrogens (tertiary/aromatic N) is 4. The third-order valence-electron chi connectivity index (χ3n) is 5.13. The monoisotopic (exact) mass is 489 g/mol. The van der Waals surface area contributed by atoms with Crippen molar-refractivity contribution < 1.29 is 9.53 Å². The number of fused-ring (bicyclic) bond motifs is 1. The number of anilines is 1. The Morgan fingerprint density at radius 2 is 1.85 bits per heavy atom. The molecule has 0 atom stereocenters. The number of aryl methyl sites for hydroxylation is 2. The summed E-state index contributed by atoms with van der Waals surface area (Å²) < 4.78 is 6.45. The van der Waals surface area contributed by atoms with E-state index in [1.54, 1.807) is 18.0 Å². The highest BCUT2D eigenvalue weighted by Crippen LogP contribution is 2.29. The van der Waals surface area contributed by atoms with Gasteiger partial charge in [0, 0.05) is 32.4 Å². The van der Waals surface area contributed by atoms with Crippen molar-refractivity contribution in [3.05, 3.63) is 45.4 Å². The first kappa shape index (κ1) is 25.1. The van der Waals surface area contributed by atoms with Gasteiger partial charge in [-0.05, 0) is 63.9 Å². The van der Waals surface area contributed by atoms with E-state index in [0.717, 1.165) is 17.9 Å². The Hall–Kier alpha value is -2.58. The molecule has 9 heteroatoms. The number of likely N-dealkylation sites (N-methyl/N-ethyl adjacent to an activating group) is 2. The van der Waals surface area contributed by atoms with Crippen LogP contribution < -0.4 is 15.0 Å². The number of carbonyl (C=O) groups is 1. The summed E-state index contributed by atoms with van der Waals surface area (Å²) in [5.74, 6) is 0.418. The highest BCUT2D eigenvalue weighted by Gasteiger charge is 2.17. The second kappa shape index (κ2) is 11.0. The molecule has 0 unspecified atom stereocenters. The van der Waals surface area contributed by atoms with Gasteiger partial charge in [0.25, 0.3) is 0 Å². The lowest BCUT2D eigenvalue weighted by atomic mass is 10.1. The fourth-order valence-electron chi connectivity index (χ4n) is 3.55. The average Bonchev–Trinajstić information content (AvgIpc) is 3.09. The van der Waals surface area contributed by atoms with Crippen molar-refractivity contribution in [1.82, 2.24) is 20.2 Å². The van der Waals surface area contributed by atoms with E-state index in [1.807, 2.05) is 13.8 Å². The standard InChI is InChI=1S/C24H32ClN5O2S/c1-7-30(18-11-16(4)10-17(5)12-18)9-8-29(6)24(31)26-14-20-22(32-15(2)3)27-19-13-21(25)33-23(19)28-20/h10-13,15H,7-9,14H2,1-6H3,(H,26,31). The smallest absolute Gasteiger partial charge is 0.317 e. The second-order valence-corrected chi connectivity index (χ2v) is 10.1. The molecule has 1 N–H and O–H groups in total. The number of amides is 2. The molecule has 0 saturated carbocycles. The Labute approximate surface area is 204 Å². The minimum atomic E-state index is -0.173. The van der Waals surface area contributed by atoms with Crippen molar-refractivity contribution in [2.75, 3.05) is 31.6 Å². The van der Waals surface area contributed by atoms with Crippen LogP contribution in [0.2, 0.25) is 4.34 Å². The molecule has 1 aromatic carbocycles. The molecule has 0 aliphatic rings. The summed E-state index contributed by atoms with van der Waals surface area (Å²) in [5.41, 5.74) is 4.93. The predicted molar refractivity (Wildman–Crippen MR) is 137 cm³/mol. The van der Waals surface area contributed by atoms with Crippen molar-refractivity contribution in [3.8, 4) is 5.88 Å². The van der Waals surface area contributed by atoms with Gasteiger partial charge in [0.15, 0.2) is 0 Å². The minimum Gasteiger partial charge on any atom is -0.474 e. The molecule has 0 aliphatic heterocycles. The summed E-state index contributed by atoms with van der Waals surface area (Å²) in [6, 6.07) is 8.12. The van der Waals surface area contributed by atoms with Gasteiger partial charge in [-0.3, -0.25) is 0 Å². The molecule has 7 nitrogen and oxygen atoms in total. The van der Waals surface area contributed by atoms with E-state index in [0.29, 0.717) is 28.0 Å². The molecule has 0 radical (unpaired) electrons. The fraction of sp³-hybridized carbons (Fsp3) is 0.458. The molecule has 0 aliphatic carbocycles. The van der Waals surface area contributed by atoms with E-state index >= 15 is 0 Å². The summed E-state index contributed by atoms with van der Waals surface area (Å²) in [7, 11) is 1.80. The third kappa shape index (κ3) is 6.71. The first-order chi connectivity index (χ1) is 15.7. The summed E-state index contributed by atoms with van der Waals surface area (Å²) in [5, 5.41) is 2.94. The van der Waals surface area contributed by atoms with E-state index in [2.05, 4.69) is 59.2 Å². The van der Waals surface area contributed by atoms with Gasteiger partial charge in [-0.25, -0.2) is 14.8 Å². The van der Waals surface area contributed by atoms with Crippen LogP contribution in [0.4, 0.5) is 10.5 Å². The number of aromatic nitrogens is 2. The average molecular weight is 490 g/mol. The van der Waals surface area contributed by atoms with E-state index < -0.39 is 0 Å². The lowest BCUT2D eigenvalue weighted by molar-refractivity contribution is 0.208. The summed E-state index contributed by atoms with van der Waals surface area (Å²) in [6.45, 7) is 12.6. The molecule has 0 fully saturated rings. The van der Waals surface area contributed by atoms with Crippen LogP contribution in [0, 0.1) is 13.8 Å². The van der Waals surface area contributed by atoms with Gasteiger partial charge in [-0.2, -0.15) is 0 Å². The van der Waals surface area contributed by atoms with Crippen molar-refractivity contribution in [2.45, 2.75) is 47.3 Å². The molecule has 33 heavy (non-hydrogen) atoms. The largest absolute Gasteiger partial charge is 0.474 e. The van der Waals surface area contributed by atoms with E-state index in [9.17, 15) is 4.79 Å². The second-order valence-electron chi connectivity index (χ2n) is 8.39. The molecule has 0 bridgehead atoms. The lowest BCUT2D eigenvalue weighted by Crippen LogP contribution is -2.41. The van der Waals surface area contributed by atoms with Crippen molar-refractivity contribution in [1.29, 1.82) is 0 Å². The van der Waals surface area contributed by atoms with Gasteiger partial charge in [0.05, 0.1) is 17.0 Å². The van der Waals surface area contributed by atoms with Crippen LogP contribution >= 0.6 is 22.9 Å². The van der Waals surface area contributed by atoms with Crippen molar-refractivity contribution >= 4 is 45.0 Å². The van der Waals surface area contributed by atoms with Gasteiger partial charge in [-0.1, -0.05) is 17.7 Å². The van der Waals surface area contributed by atoms with E-state index in [4.69, 9.17) is 16.3 Å². The number of ether oxygens (including phenoxy) is 1. The minimum absolute atomic E-state index is 0.0618. The number of hydrogen-bond donors (Lipinski definition) is 1. The van der Waals surface area contributed by atoms with Crippen LogP contribution in [-0.2, 0) is 6.54 Å². The Morgan fingerprint density at radius 3 is 2.48 bits per heavy atom. The molecule has 178 valence electrons. The van der Waals surface area contributed by atoms with E-state index in [1.165, 1.54) is 28.2 Å². The van der Waals surface area contributed by atoms with Crippen LogP contribution in [0.1, 0.15) is 37.6 Å². The maximum absolute atomic E-state index is 12.8. The molecule has 3 aromatic rings. The van der Waals surface area contributed by atoms with Gasteiger partial charge in [0.1, 0.15) is 16.0 Å². The maximum atomic E-state index is 12.8. The van der Waals surface area contributed by atoms with Crippen LogP contribution in [0.25, 0.3) is 10.3 Å². The lowest BCUT2D eigenvalue weighted by Gasteiger charge is -2.27. The van der Waals surface area contributed by atoms with Gasteiger partial charge >= 0.3 is 6.03 Å². The molecule has 0 saturated heterocycles. The molecular formula is C24H32ClN5O2S. The highest BCUT2D eigenvalue weighted by atomic mass is 35.5. The summed E-state index contributed by atoms with van der Waals surface area (Å²) in [6.07, 6.45) is -0.0618. The van der Waals surface area contributed by atoms with Gasteiger partial charge < -0.3 is 19.9 Å². The number of nitrogens with one attached hydrogen (secondary N) is 1. The zero-order valence-corrected chi connectivity index (χ0v) is 21.7. The number of urea groups is 1. The Kier molecular flexibility index (Phi) is 8.37. The third-order valence-corrected chi connectivity index (χ3v) is 6.28. The quantitative estimate of drug-likeness (QED) is 0.434. The zero-order chi connectivity index (χ0) is 24.1. The molecule has 3 rings (SSSR count). The Morgan fingerprint density at radius 1 is 1.15 bits per heavy atom. The number of hydrogen-bond acceptors (Lipinski definition) is 6. The molecule has 2 aromatic heterocycles. The number of halogens is 1. The van der Waals surface area contributed by atoms with E-state index in [-0.39, 0.29) is 18.7 Å². The van der Waals surface area contributed by atoms with Crippen LogP contribution in [-0.4, -0.2) is 53.7 Å². The van der Waals surface area contributed by atoms with Crippen molar-refractivity contribution in [2.24, 2.45) is 0 Å². The SMILES string of the molecule is CCN(CCN(C)C(=O)NCc1nc2sc(Cl)cc2nc1OC(C)C)c1cc(C)cc(C)c1. The maximum Gasteiger partial charge on any atom is 0.317 e. The normalized spacial score (nSPS) is 11.2. The van der Waals surface area contributed by atoms with Crippen LogP contribution in [0.3, 0.4) is 0 Å². The first-order valence-electron chi connectivity index (χ1n) is 11.1. The molecule has 2 heterocycles. The number of rotatable bonds is 9. The van der Waals surface area contributed by atoms with Crippen LogP contribution in [0.5, 0.6) is 5.88 Å². The highest BCUT2D eigenvalue weighted by molar-refractivity contribution is 7.22. The zero-order valence-electron chi connectivity index (χ0n) is 20.1. The van der Waals surface area contributed by atoms with Gasteiger partial charge in [-0.15, -0.1) is 11.3 Å². The topological polar surface area (TPSA) is 70.6 Å². The fourth-order valence-corrected chi connectivity index (χ4v) is 4.59. The number of carbonyl (C=O) groups excluding carboxylic acids is 1. The number of benzene rings is 1. The number of thiophene rings is 1.